The third-order valence-electron chi connectivity index (χ3n) is 2.73. The van der Waals surface area contributed by atoms with Gasteiger partial charge in [-0.1, -0.05) is 5.10 Å². The van der Waals surface area contributed by atoms with Crippen LogP contribution in [0.15, 0.2) is 15.3 Å². The Balaban J connectivity index is 1.41. The number of nitrogens with one attached hydrogen (secondary N) is 2. The van der Waals surface area contributed by atoms with Crippen molar-refractivity contribution in [3.63, 3.8) is 0 Å². The summed E-state index contributed by atoms with van der Waals surface area (Å²) >= 11 is 1.61. The molecule has 0 aromatic carbocycles. The Hall–Kier alpha value is -1.47. The van der Waals surface area contributed by atoms with Gasteiger partial charge in [0.15, 0.2) is 0 Å². The monoisotopic (exact) mass is 265 g/mol. The molecule has 0 bridgehead atoms. The Morgan fingerprint density at radius 1 is 1.39 bits per heavy atom. The van der Waals surface area contributed by atoms with E-state index in [2.05, 4.69) is 25.8 Å². The second kappa shape index (κ2) is 5.45. The van der Waals surface area contributed by atoms with Gasteiger partial charge in [0.05, 0.1) is 17.7 Å². The van der Waals surface area contributed by atoms with Crippen LogP contribution in [0.2, 0.25) is 0 Å². The van der Waals surface area contributed by atoms with E-state index in [-0.39, 0.29) is 0 Å². The van der Waals surface area contributed by atoms with Crippen LogP contribution in [-0.4, -0.2) is 27.8 Å². The first kappa shape index (κ1) is 11.6. The van der Waals surface area contributed by atoms with Crippen LogP contribution in [-0.2, 0) is 13.0 Å². The molecule has 0 radical (unpaired) electrons. The highest BCUT2D eigenvalue weighted by Crippen LogP contribution is 2.19. The van der Waals surface area contributed by atoms with Crippen molar-refractivity contribution in [1.82, 2.24) is 20.5 Å². The van der Waals surface area contributed by atoms with E-state index in [1.54, 1.807) is 11.3 Å². The summed E-state index contributed by atoms with van der Waals surface area (Å²) < 4.78 is 5.47. The molecular weight excluding hydrogens is 250 g/mol. The molecule has 6 nitrogen and oxygen atoms in total. The second-order valence-electron chi connectivity index (χ2n) is 4.31. The Labute approximate surface area is 109 Å². The fraction of sp³-hybridized carbons (Fsp3) is 0.545. The highest BCUT2D eigenvalue weighted by molar-refractivity contribution is 7.07. The van der Waals surface area contributed by atoms with Crippen molar-refractivity contribution in [1.29, 1.82) is 0 Å². The summed E-state index contributed by atoms with van der Waals surface area (Å²) in [6.45, 7) is 1.41. The molecule has 0 amide bonds. The lowest BCUT2D eigenvalue weighted by Gasteiger charge is -1.98. The van der Waals surface area contributed by atoms with Crippen molar-refractivity contribution in [2.45, 2.75) is 31.8 Å². The lowest BCUT2D eigenvalue weighted by Crippen LogP contribution is -2.15. The summed E-state index contributed by atoms with van der Waals surface area (Å²) in [5.74, 6) is 0.637. The third-order valence-corrected chi connectivity index (χ3v) is 3.36. The van der Waals surface area contributed by atoms with Gasteiger partial charge in [0.1, 0.15) is 0 Å². The zero-order chi connectivity index (χ0) is 12.2. The Bertz CT molecular complexity index is 479. The first-order chi connectivity index (χ1) is 8.90. The molecule has 2 aromatic rings. The quantitative estimate of drug-likeness (QED) is 0.789. The van der Waals surface area contributed by atoms with Gasteiger partial charge in [-0.3, -0.25) is 0 Å². The molecule has 1 aliphatic carbocycles. The molecule has 1 fully saturated rings. The van der Waals surface area contributed by atoms with Gasteiger partial charge in [-0.2, -0.15) is 0 Å². The lowest BCUT2D eigenvalue weighted by molar-refractivity contribution is 0.476. The molecule has 0 aliphatic heterocycles. The normalized spacial score (nSPS) is 14.9. The molecule has 1 saturated carbocycles. The SMILES string of the molecule is c1nc(CCNc2nnc(CNC3CC3)o2)cs1. The molecule has 2 heterocycles. The maximum Gasteiger partial charge on any atom is 0.315 e. The van der Waals surface area contributed by atoms with E-state index in [0.29, 0.717) is 24.5 Å². The smallest absolute Gasteiger partial charge is 0.315 e. The predicted octanol–water partition coefficient (Wildman–Crippen LogP) is 1.43. The number of nitrogens with zero attached hydrogens (tertiary/aromatic N) is 3. The molecule has 18 heavy (non-hydrogen) atoms. The van der Waals surface area contributed by atoms with Gasteiger partial charge in [0.2, 0.25) is 5.89 Å². The van der Waals surface area contributed by atoms with Crippen LogP contribution >= 0.6 is 11.3 Å². The van der Waals surface area contributed by atoms with Crippen molar-refractivity contribution < 1.29 is 4.42 Å². The first-order valence-corrected chi connectivity index (χ1v) is 7.01. The van der Waals surface area contributed by atoms with E-state index >= 15 is 0 Å². The van der Waals surface area contributed by atoms with Crippen molar-refractivity contribution in [2.24, 2.45) is 0 Å². The zero-order valence-corrected chi connectivity index (χ0v) is 10.7. The Morgan fingerprint density at radius 3 is 3.11 bits per heavy atom. The van der Waals surface area contributed by atoms with Crippen molar-refractivity contribution in [3.8, 4) is 0 Å². The molecule has 0 spiro atoms. The van der Waals surface area contributed by atoms with Crippen LogP contribution < -0.4 is 10.6 Å². The topological polar surface area (TPSA) is 75.9 Å². The maximum absolute atomic E-state index is 5.47. The minimum atomic E-state index is 0.484. The van der Waals surface area contributed by atoms with Crippen LogP contribution in [0.3, 0.4) is 0 Å². The Morgan fingerprint density at radius 2 is 2.33 bits per heavy atom. The molecule has 0 saturated heterocycles. The maximum atomic E-state index is 5.47. The predicted molar refractivity (Wildman–Crippen MR) is 68.5 cm³/mol. The number of anilines is 1. The number of hydrogen-bond acceptors (Lipinski definition) is 7. The standard InChI is InChI=1S/C11H15N5OS/c1-2-8(1)13-5-10-15-16-11(17-10)12-4-3-9-6-18-7-14-9/h6-8,13H,1-5H2,(H,12,16). The van der Waals surface area contributed by atoms with Crippen molar-refractivity contribution in [3.05, 3.63) is 22.5 Å². The first-order valence-electron chi connectivity index (χ1n) is 6.07. The van der Waals surface area contributed by atoms with Gasteiger partial charge in [-0.25, -0.2) is 4.98 Å². The molecule has 0 unspecified atom stereocenters. The molecule has 3 rings (SSSR count). The summed E-state index contributed by atoms with van der Waals surface area (Å²) in [7, 11) is 0. The van der Waals surface area contributed by atoms with Gasteiger partial charge in [-0.05, 0) is 12.8 Å². The average Bonchev–Trinajstić information content (AvgIpc) is 2.89. The minimum absolute atomic E-state index is 0.484. The molecule has 2 aromatic heterocycles. The number of hydrogen-bond donors (Lipinski definition) is 2. The van der Waals surface area contributed by atoms with E-state index in [1.165, 1.54) is 12.8 Å². The number of aromatic nitrogens is 3. The number of rotatable bonds is 7. The fourth-order valence-electron chi connectivity index (χ4n) is 1.57. The van der Waals surface area contributed by atoms with Crippen molar-refractivity contribution in [2.75, 3.05) is 11.9 Å². The van der Waals surface area contributed by atoms with Crippen LogP contribution in [0, 0.1) is 0 Å². The minimum Gasteiger partial charge on any atom is -0.407 e. The van der Waals surface area contributed by atoms with Crippen molar-refractivity contribution >= 4 is 17.4 Å². The molecular formula is C11H15N5OS. The zero-order valence-electron chi connectivity index (χ0n) is 9.93. The molecule has 96 valence electrons. The summed E-state index contributed by atoms with van der Waals surface area (Å²) in [5, 5.41) is 16.4. The van der Waals surface area contributed by atoms with Gasteiger partial charge in [0, 0.05) is 24.4 Å². The molecule has 7 heteroatoms. The van der Waals surface area contributed by atoms with Gasteiger partial charge in [-0.15, -0.1) is 16.4 Å². The highest BCUT2D eigenvalue weighted by atomic mass is 32.1. The van der Waals surface area contributed by atoms with Crippen LogP contribution in [0.25, 0.3) is 0 Å². The summed E-state index contributed by atoms with van der Waals surface area (Å²) in [6.07, 6.45) is 3.38. The average molecular weight is 265 g/mol. The summed E-state index contributed by atoms with van der Waals surface area (Å²) in [6, 6.07) is 1.14. The van der Waals surface area contributed by atoms with E-state index < -0.39 is 0 Å². The van der Waals surface area contributed by atoms with Crippen LogP contribution in [0.5, 0.6) is 0 Å². The number of thiazole rings is 1. The van der Waals surface area contributed by atoms with Gasteiger partial charge >= 0.3 is 6.01 Å². The summed E-state index contributed by atoms with van der Waals surface area (Å²) in [4.78, 5) is 4.21. The molecule has 1 aliphatic rings. The van der Waals surface area contributed by atoms with Crippen LogP contribution in [0.1, 0.15) is 24.4 Å². The molecule has 2 N–H and O–H groups in total. The van der Waals surface area contributed by atoms with Gasteiger partial charge < -0.3 is 15.1 Å². The third kappa shape index (κ3) is 3.27. The van der Waals surface area contributed by atoms with E-state index in [9.17, 15) is 0 Å². The Kier molecular flexibility index (Phi) is 3.51. The van der Waals surface area contributed by atoms with E-state index in [4.69, 9.17) is 4.42 Å². The van der Waals surface area contributed by atoms with E-state index in [0.717, 1.165) is 18.7 Å². The second-order valence-corrected chi connectivity index (χ2v) is 5.03. The largest absolute Gasteiger partial charge is 0.407 e. The van der Waals surface area contributed by atoms with Gasteiger partial charge in [0.25, 0.3) is 0 Å². The fourth-order valence-corrected chi connectivity index (χ4v) is 2.17. The summed E-state index contributed by atoms with van der Waals surface area (Å²) in [5.41, 5.74) is 2.92. The van der Waals surface area contributed by atoms with E-state index in [1.807, 2.05) is 10.9 Å². The highest BCUT2D eigenvalue weighted by Gasteiger charge is 2.21. The molecule has 0 atom stereocenters. The van der Waals surface area contributed by atoms with Crippen LogP contribution in [0.4, 0.5) is 6.01 Å². The lowest BCUT2D eigenvalue weighted by atomic mass is 10.3.